The molecule has 7 heteroatoms. The van der Waals surface area contributed by atoms with Gasteiger partial charge in [-0.25, -0.2) is 0 Å². The van der Waals surface area contributed by atoms with Crippen LogP contribution in [0.3, 0.4) is 0 Å². The number of amidine groups is 1. The largest absolute Gasteiger partial charge is 0.481 e. The van der Waals surface area contributed by atoms with Gasteiger partial charge in [0.25, 0.3) is 0 Å². The number of carboxylic acids is 1. The number of piperazine rings is 1. The van der Waals surface area contributed by atoms with Crippen molar-refractivity contribution in [2.75, 3.05) is 32.7 Å². The van der Waals surface area contributed by atoms with E-state index in [9.17, 15) is 4.79 Å². The number of rotatable bonds is 5. The Morgan fingerprint density at radius 1 is 1.17 bits per heavy atom. The summed E-state index contributed by atoms with van der Waals surface area (Å²) in [6, 6.07) is 8.51. The van der Waals surface area contributed by atoms with Crippen LogP contribution in [-0.4, -0.2) is 54.5 Å². The number of terminal acetylenes is 1. The highest BCUT2D eigenvalue weighted by Crippen LogP contribution is 2.16. The third-order valence-corrected chi connectivity index (χ3v) is 5.56. The number of carbonyl (C=O) groups is 1. The molecule has 1 saturated heterocycles. The monoisotopic (exact) mass is 508 g/mol. The maximum atomic E-state index is 9.37. The Labute approximate surface area is 220 Å². The summed E-state index contributed by atoms with van der Waals surface area (Å²) in [7, 11) is 0. The van der Waals surface area contributed by atoms with Gasteiger partial charge in [0.2, 0.25) is 0 Å². The Balaban J connectivity index is 0.000000826. The van der Waals surface area contributed by atoms with E-state index in [2.05, 4.69) is 83.6 Å². The lowest BCUT2D eigenvalue weighted by Crippen LogP contribution is -2.42. The summed E-state index contributed by atoms with van der Waals surface area (Å²) in [5, 5.41) is 15.1. The second-order valence-electron chi connectivity index (χ2n) is 7.87. The van der Waals surface area contributed by atoms with Crippen LogP contribution < -0.4 is 10.6 Å². The van der Waals surface area contributed by atoms with Crippen molar-refractivity contribution in [3.8, 4) is 12.8 Å². The van der Waals surface area contributed by atoms with Crippen LogP contribution in [-0.2, 0) is 4.79 Å². The normalized spacial score (nSPS) is 19.4. The molecule has 1 fully saturated rings. The smallest absolute Gasteiger partial charge is 0.303 e. The van der Waals surface area contributed by atoms with Gasteiger partial charge in [0.05, 0.1) is 6.54 Å². The average molecular weight is 509 g/mol. The number of hydrogen-bond acceptors (Lipinski definition) is 5. The molecule has 0 unspecified atom stereocenters. The van der Waals surface area contributed by atoms with Crippen molar-refractivity contribution in [2.24, 2.45) is 4.99 Å². The SMILES string of the molecule is C#C.C/C(=C\C=C(/C)N1CCNCC1)c1ccc(C2=NC/C=C/C(Cl)=C\C=C\N2)cc1.CCC(=O)O. The summed E-state index contributed by atoms with van der Waals surface area (Å²) >= 11 is 6.04. The maximum Gasteiger partial charge on any atom is 0.303 e. The number of allylic oxidation sites excluding steroid dienone is 8. The van der Waals surface area contributed by atoms with Gasteiger partial charge < -0.3 is 20.6 Å². The van der Waals surface area contributed by atoms with Crippen molar-refractivity contribution in [1.29, 1.82) is 0 Å². The summed E-state index contributed by atoms with van der Waals surface area (Å²) in [5.74, 6) is 0.102. The highest BCUT2D eigenvalue weighted by Gasteiger charge is 2.08. The molecule has 2 aliphatic heterocycles. The van der Waals surface area contributed by atoms with Crippen LogP contribution in [0.25, 0.3) is 5.57 Å². The molecule has 0 spiro atoms. The second kappa shape index (κ2) is 17.8. The standard InChI is InChI=1S/C24H29ClN4.C3H6O2.C2H2/c1-19(7-8-20(2)29-17-15-26-16-18-29)21-9-11-22(12-10-21)24-27-13-3-5-23(25)6-4-14-28-24;1-2-3(4)5;1-2/h3-13,26H,14-18H2,1-2H3,(H,27,28);2H2,1H3,(H,4,5);1-2H/b6-4+,13-3+,19-7+,20-8+,23-5+;;. The van der Waals surface area contributed by atoms with Crippen LogP contribution >= 0.6 is 11.6 Å². The van der Waals surface area contributed by atoms with Crippen molar-refractivity contribution in [2.45, 2.75) is 27.2 Å². The lowest BCUT2D eigenvalue weighted by atomic mass is 10.0. The van der Waals surface area contributed by atoms with E-state index >= 15 is 0 Å². The third-order valence-electron chi connectivity index (χ3n) is 5.31. The molecule has 6 nitrogen and oxygen atoms in total. The van der Waals surface area contributed by atoms with Crippen LogP contribution in [0.2, 0.25) is 0 Å². The highest BCUT2D eigenvalue weighted by molar-refractivity contribution is 6.31. The fourth-order valence-corrected chi connectivity index (χ4v) is 3.37. The molecule has 36 heavy (non-hydrogen) atoms. The first-order valence-electron chi connectivity index (χ1n) is 11.9. The summed E-state index contributed by atoms with van der Waals surface area (Å²) in [5.41, 5.74) is 4.83. The van der Waals surface area contributed by atoms with Gasteiger partial charge in [0.15, 0.2) is 0 Å². The van der Waals surface area contributed by atoms with Gasteiger partial charge in [-0.15, -0.1) is 12.8 Å². The Kier molecular flexibility index (Phi) is 15.1. The first-order valence-corrected chi connectivity index (χ1v) is 12.2. The number of halogens is 1. The zero-order valence-corrected chi connectivity index (χ0v) is 22.1. The lowest BCUT2D eigenvalue weighted by molar-refractivity contribution is -0.136. The number of aliphatic imine (C=N–C) groups is 1. The molecule has 0 bridgehead atoms. The van der Waals surface area contributed by atoms with Gasteiger partial charge in [0, 0.05) is 55.1 Å². The summed E-state index contributed by atoms with van der Waals surface area (Å²) in [6.45, 7) is 10.8. The molecule has 0 saturated carbocycles. The molecule has 0 amide bonds. The summed E-state index contributed by atoms with van der Waals surface area (Å²) < 4.78 is 0. The van der Waals surface area contributed by atoms with Gasteiger partial charge in [-0.3, -0.25) is 9.79 Å². The van der Waals surface area contributed by atoms with E-state index in [-0.39, 0.29) is 6.42 Å². The highest BCUT2D eigenvalue weighted by atomic mass is 35.5. The summed E-state index contributed by atoms with van der Waals surface area (Å²) in [6.07, 6.45) is 22.0. The van der Waals surface area contributed by atoms with E-state index in [1.807, 2.05) is 30.5 Å². The van der Waals surface area contributed by atoms with Crippen molar-refractivity contribution in [3.63, 3.8) is 0 Å². The molecule has 1 aromatic carbocycles. The van der Waals surface area contributed by atoms with Gasteiger partial charge in [-0.1, -0.05) is 54.9 Å². The third kappa shape index (κ3) is 11.7. The molecule has 1 aromatic rings. The van der Waals surface area contributed by atoms with Crippen molar-refractivity contribution in [3.05, 3.63) is 88.8 Å². The van der Waals surface area contributed by atoms with E-state index in [0.717, 1.165) is 37.6 Å². The van der Waals surface area contributed by atoms with Crippen molar-refractivity contribution >= 4 is 29.0 Å². The predicted molar refractivity (Wildman–Crippen MR) is 153 cm³/mol. The predicted octanol–water partition coefficient (Wildman–Crippen LogP) is 5.17. The molecule has 3 N–H and O–H groups in total. The number of aliphatic carboxylic acids is 1. The molecule has 2 aliphatic rings. The van der Waals surface area contributed by atoms with Gasteiger partial charge in [-0.05, 0) is 49.3 Å². The zero-order chi connectivity index (χ0) is 26.8. The van der Waals surface area contributed by atoms with E-state index < -0.39 is 5.97 Å². The number of nitrogens with one attached hydrogen (secondary N) is 2. The van der Waals surface area contributed by atoms with Crippen LogP contribution in [0.1, 0.15) is 38.3 Å². The maximum absolute atomic E-state index is 9.37. The fourth-order valence-electron chi connectivity index (χ4n) is 3.21. The molecule has 0 atom stereocenters. The molecule has 3 rings (SSSR count). The van der Waals surface area contributed by atoms with E-state index in [1.54, 1.807) is 6.92 Å². The topological polar surface area (TPSA) is 77.0 Å². The minimum Gasteiger partial charge on any atom is -0.481 e. The van der Waals surface area contributed by atoms with Crippen molar-refractivity contribution < 1.29 is 9.90 Å². The minimum absolute atomic E-state index is 0.222. The molecular weight excluding hydrogens is 472 g/mol. The van der Waals surface area contributed by atoms with Crippen LogP contribution in [0.5, 0.6) is 0 Å². The Bertz CT molecular complexity index is 1030. The van der Waals surface area contributed by atoms with E-state index in [4.69, 9.17) is 16.7 Å². The number of hydrogen-bond donors (Lipinski definition) is 3. The molecule has 0 radical (unpaired) electrons. The zero-order valence-electron chi connectivity index (χ0n) is 21.4. The fraction of sp³-hybridized carbons (Fsp3) is 0.310. The minimum atomic E-state index is -0.745. The molecule has 2 heterocycles. The van der Waals surface area contributed by atoms with Gasteiger partial charge in [-0.2, -0.15) is 0 Å². The average Bonchev–Trinajstić information content (AvgIpc) is 2.92. The Morgan fingerprint density at radius 3 is 2.42 bits per heavy atom. The number of benzene rings is 1. The van der Waals surface area contributed by atoms with Crippen LogP contribution in [0.15, 0.2) is 82.6 Å². The Hall–Kier alpha value is -3.53. The molecular formula is C29H37ClN4O2. The van der Waals surface area contributed by atoms with E-state index in [0.29, 0.717) is 11.6 Å². The second-order valence-corrected chi connectivity index (χ2v) is 8.30. The number of nitrogens with zero attached hydrogens (tertiary/aromatic N) is 2. The van der Waals surface area contributed by atoms with Gasteiger partial charge >= 0.3 is 5.97 Å². The first-order chi connectivity index (χ1) is 17.4. The number of carboxylic acid groups (broad SMARTS) is 1. The molecule has 0 aromatic heterocycles. The first kappa shape index (κ1) is 30.5. The quantitative estimate of drug-likeness (QED) is 0.378. The molecule has 0 aliphatic carbocycles. The van der Waals surface area contributed by atoms with E-state index in [1.165, 1.54) is 16.8 Å². The summed E-state index contributed by atoms with van der Waals surface area (Å²) in [4.78, 5) is 16.4. The van der Waals surface area contributed by atoms with Crippen LogP contribution in [0, 0.1) is 12.8 Å². The van der Waals surface area contributed by atoms with Crippen molar-refractivity contribution in [1.82, 2.24) is 15.5 Å². The molecule has 192 valence electrons. The van der Waals surface area contributed by atoms with Crippen LogP contribution in [0.4, 0.5) is 0 Å². The Morgan fingerprint density at radius 2 is 1.81 bits per heavy atom. The lowest BCUT2D eigenvalue weighted by Gasteiger charge is -2.29. The van der Waals surface area contributed by atoms with Gasteiger partial charge in [0.1, 0.15) is 5.84 Å².